The predicted octanol–water partition coefficient (Wildman–Crippen LogP) is 1.97. The Bertz CT molecular complexity index is 182. The fraction of sp³-hybridized carbons (Fsp3) is 0.909. The van der Waals surface area contributed by atoms with E-state index in [2.05, 4.69) is 11.8 Å². The Morgan fingerprint density at radius 1 is 1.43 bits per heavy atom. The molecule has 1 rings (SSSR count). The van der Waals surface area contributed by atoms with Crippen molar-refractivity contribution in [3.63, 3.8) is 0 Å². The first-order valence-corrected chi connectivity index (χ1v) is 5.66. The van der Waals surface area contributed by atoms with E-state index in [0.29, 0.717) is 0 Å². The summed E-state index contributed by atoms with van der Waals surface area (Å²) in [7, 11) is 0. The van der Waals surface area contributed by atoms with Crippen molar-refractivity contribution in [1.29, 1.82) is 0 Å². The Morgan fingerprint density at radius 3 is 2.86 bits per heavy atom. The largest absolute Gasteiger partial charge is 0.480 e. The van der Waals surface area contributed by atoms with Gasteiger partial charge in [0.2, 0.25) is 0 Å². The van der Waals surface area contributed by atoms with Gasteiger partial charge in [-0.15, -0.1) is 0 Å². The fourth-order valence-corrected chi connectivity index (χ4v) is 2.27. The third kappa shape index (κ3) is 4.09. The lowest BCUT2D eigenvalue weighted by molar-refractivity contribution is -0.138. The second-order valence-corrected chi connectivity index (χ2v) is 4.26. The molecule has 0 aromatic heterocycles. The highest BCUT2D eigenvalue weighted by Crippen LogP contribution is 2.21. The van der Waals surface area contributed by atoms with Gasteiger partial charge in [0.25, 0.3) is 0 Å². The molecule has 3 nitrogen and oxygen atoms in total. The lowest BCUT2D eigenvalue weighted by Gasteiger charge is -2.17. The second-order valence-electron chi connectivity index (χ2n) is 4.26. The van der Waals surface area contributed by atoms with Crippen LogP contribution < -0.4 is 0 Å². The van der Waals surface area contributed by atoms with Crippen LogP contribution in [-0.2, 0) is 4.79 Å². The molecule has 0 aromatic rings. The molecule has 1 aliphatic rings. The standard InChI is InChI=1S/C11H21NO2/c1-2-4-10-5-3-7-12(8-6-10)9-11(13)14/h10H,2-9H2,1H3,(H,13,14). The van der Waals surface area contributed by atoms with Crippen molar-refractivity contribution in [1.82, 2.24) is 4.90 Å². The Balaban J connectivity index is 2.29. The normalized spacial score (nSPS) is 24.5. The molecule has 0 bridgehead atoms. The molecule has 1 heterocycles. The molecule has 0 radical (unpaired) electrons. The Hall–Kier alpha value is -0.570. The zero-order valence-electron chi connectivity index (χ0n) is 9.04. The lowest BCUT2D eigenvalue weighted by Crippen LogP contribution is -2.30. The molecule has 82 valence electrons. The third-order valence-electron chi connectivity index (χ3n) is 3.00. The van der Waals surface area contributed by atoms with E-state index in [1.54, 1.807) is 0 Å². The summed E-state index contributed by atoms with van der Waals surface area (Å²) in [5, 5.41) is 8.69. The highest BCUT2D eigenvalue weighted by molar-refractivity contribution is 5.69. The molecule has 14 heavy (non-hydrogen) atoms. The summed E-state index contributed by atoms with van der Waals surface area (Å²) in [5.74, 6) is 0.137. The lowest BCUT2D eigenvalue weighted by atomic mass is 9.96. The Labute approximate surface area is 86.1 Å². The van der Waals surface area contributed by atoms with Gasteiger partial charge < -0.3 is 5.11 Å². The van der Waals surface area contributed by atoms with Gasteiger partial charge in [0.1, 0.15) is 0 Å². The van der Waals surface area contributed by atoms with Crippen LogP contribution in [0.25, 0.3) is 0 Å². The van der Waals surface area contributed by atoms with Crippen molar-refractivity contribution < 1.29 is 9.90 Å². The molecule has 1 unspecified atom stereocenters. The summed E-state index contributed by atoms with van der Waals surface area (Å²) in [4.78, 5) is 12.6. The first-order chi connectivity index (χ1) is 6.72. The molecule has 1 atom stereocenters. The number of aliphatic carboxylic acids is 1. The summed E-state index contributed by atoms with van der Waals surface area (Å²) in [6, 6.07) is 0. The van der Waals surface area contributed by atoms with E-state index < -0.39 is 5.97 Å². The van der Waals surface area contributed by atoms with E-state index in [1.165, 1.54) is 25.7 Å². The molecule has 1 fully saturated rings. The first kappa shape index (κ1) is 11.5. The fourth-order valence-electron chi connectivity index (χ4n) is 2.27. The summed E-state index contributed by atoms with van der Waals surface area (Å²) in [6.45, 7) is 4.38. The smallest absolute Gasteiger partial charge is 0.317 e. The van der Waals surface area contributed by atoms with E-state index in [4.69, 9.17) is 5.11 Å². The molecule has 0 spiro atoms. The van der Waals surface area contributed by atoms with Crippen LogP contribution in [0.1, 0.15) is 39.0 Å². The number of hydrogen-bond acceptors (Lipinski definition) is 2. The highest BCUT2D eigenvalue weighted by atomic mass is 16.4. The molecule has 1 aliphatic heterocycles. The topological polar surface area (TPSA) is 40.5 Å². The van der Waals surface area contributed by atoms with Crippen LogP contribution in [0.15, 0.2) is 0 Å². The number of hydrogen-bond donors (Lipinski definition) is 1. The van der Waals surface area contributed by atoms with Crippen LogP contribution in [0.4, 0.5) is 0 Å². The van der Waals surface area contributed by atoms with E-state index in [1.807, 2.05) is 0 Å². The van der Waals surface area contributed by atoms with E-state index in [9.17, 15) is 4.79 Å². The minimum atomic E-state index is -0.695. The molecule has 1 N–H and O–H groups in total. The van der Waals surface area contributed by atoms with Crippen molar-refractivity contribution in [3.05, 3.63) is 0 Å². The molecule has 0 aliphatic carbocycles. The average Bonchev–Trinajstić information content (AvgIpc) is 2.31. The summed E-state index contributed by atoms with van der Waals surface area (Å²) in [6.07, 6.45) is 6.19. The first-order valence-electron chi connectivity index (χ1n) is 5.66. The van der Waals surface area contributed by atoms with Crippen molar-refractivity contribution >= 4 is 5.97 Å². The third-order valence-corrected chi connectivity index (χ3v) is 3.00. The van der Waals surface area contributed by atoms with Gasteiger partial charge in [0, 0.05) is 0 Å². The van der Waals surface area contributed by atoms with Crippen molar-refractivity contribution in [3.8, 4) is 0 Å². The Kier molecular flexibility index (Phi) is 4.94. The molecule has 0 saturated carbocycles. The number of carboxylic acids is 1. The van der Waals surface area contributed by atoms with Gasteiger partial charge in [-0.05, 0) is 38.3 Å². The SMILES string of the molecule is CCCC1CCCN(CC(=O)O)CC1. The maximum Gasteiger partial charge on any atom is 0.317 e. The van der Waals surface area contributed by atoms with Gasteiger partial charge in [-0.2, -0.15) is 0 Å². The van der Waals surface area contributed by atoms with Crippen LogP contribution in [0.2, 0.25) is 0 Å². The Morgan fingerprint density at radius 2 is 2.21 bits per heavy atom. The van der Waals surface area contributed by atoms with Gasteiger partial charge in [-0.25, -0.2) is 0 Å². The van der Waals surface area contributed by atoms with Gasteiger partial charge in [0.15, 0.2) is 0 Å². The summed E-state index contributed by atoms with van der Waals surface area (Å²) in [5.41, 5.74) is 0. The van der Waals surface area contributed by atoms with Crippen LogP contribution in [-0.4, -0.2) is 35.6 Å². The van der Waals surface area contributed by atoms with Crippen LogP contribution in [0.5, 0.6) is 0 Å². The van der Waals surface area contributed by atoms with Crippen LogP contribution >= 0.6 is 0 Å². The summed E-state index contributed by atoms with van der Waals surface area (Å²) < 4.78 is 0. The number of nitrogens with zero attached hydrogens (tertiary/aromatic N) is 1. The minimum absolute atomic E-state index is 0.221. The average molecular weight is 199 g/mol. The van der Waals surface area contributed by atoms with E-state index >= 15 is 0 Å². The van der Waals surface area contributed by atoms with E-state index in [-0.39, 0.29) is 6.54 Å². The summed E-state index contributed by atoms with van der Waals surface area (Å²) >= 11 is 0. The molecular formula is C11H21NO2. The molecule has 0 aromatic carbocycles. The van der Waals surface area contributed by atoms with Crippen molar-refractivity contribution in [2.75, 3.05) is 19.6 Å². The van der Waals surface area contributed by atoms with Crippen molar-refractivity contribution in [2.45, 2.75) is 39.0 Å². The number of carbonyl (C=O) groups is 1. The zero-order valence-corrected chi connectivity index (χ0v) is 9.04. The minimum Gasteiger partial charge on any atom is -0.480 e. The van der Waals surface area contributed by atoms with Crippen LogP contribution in [0, 0.1) is 5.92 Å². The number of rotatable bonds is 4. The molecule has 3 heteroatoms. The van der Waals surface area contributed by atoms with Gasteiger partial charge in [-0.3, -0.25) is 9.69 Å². The number of likely N-dealkylation sites (tertiary alicyclic amines) is 1. The second kappa shape index (κ2) is 6.02. The maximum atomic E-state index is 10.5. The predicted molar refractivity (Wildman–Crippen MR) is 56.3 cm³/mol. The van der Waals surface area contributed by atoms with Gasteiger partial charge in [-0.1, -0.05) is 19.8 Å². The maximum absolute atomic E-state index is 10.5. The highest BCUT2D eigenvalue weighted by Gasteiger charge is 2.17. The zero-order chi connectivity index (χ0) is 10.4. The van der Waals surface area contributed by atoms with Gasteiger partial charge >= 0.3 is 5.97 Å². The molecule has 0 amide bonds. The monoisotopic (exact) mass is 199 g/mol. The van der Waals surface area contributed by atoms with Crippen LogP contribution in [0.3, 0.4) is 0 Å². The quantitative estimate of drug-likeness (QED) is 0.752. The van der Waals surface area contributed by atoms with Crippen molar-refractivity contribution in [2.24, 2.45) is 5.92 Å². The van der Waals surface area contributed by atoms with E-state index in [0.717, 1.165) is 25.4 Å². The molecule has 1 saturated heterocycles. The number of carboxylic acid groups (broad SMARTS) is 1. The van der Waals surface area contributed by atoms with Gasteiger partial charge in [0.05, 0.1) is 6.54 Å². The molecular weight excluding hydrogens is 178 g/mol.